The van der Waals surface area contributed by atoms with Gasteiger partial charge in [0.1, 0.15) is 17.4 Å². The van der Waals surface area contributed by atoms with Gasteiger partial charge in [0.25, 0.3) is 0 Å². The van der Waals surface area contributed by atoms with Crippen LogP contribution in [-0.4, -0.2) is 15.0 Å². The second-order valence-corrected chi connectivity index (χ2v) is 5.80. The van der Waals surface area contributed by atoms with Crippen LogP contribution in [0.4, 0.5) is 11.5 Å². The molecule has 5 aromatic rings. The molecule has 0 fully saturated rings. The predicted octanol–water partition coefficient (Wildman–Crippen LogP) is 5.01. The highest BCUT2D eigenvalue weighted by molar-refractivity contribution is 6.08. The van der Waals surface area contributed by atoms with E-state index in [1.54, 1.807) is 6.33 Å². The lowest BCUT2D eigenvalue weighted by Crippen LogP contribution is -1.95. The molecule has 0 saturated heterocycles. The molecule has 0 radical (unpaired) electrons. The van der Waals surface area contributed by atoms with Crippen molar-refractivity contribution in [2.45, 2.75) is 0 Å². The van der Waals surface area contributed by atoms with Crippen molar-refractivity contribution in [3.8, 4) is 0 Å². The molecule has 0 unspecified atom stereocenters. The van der Waals surface area contributed by atoms with Gasteiger partial charge in [0.15, 0.2) is 5.82 Å². The quantitative estimate of drug-likeness (QED) is 0.482. The first-order valence-electron chi connectivity index (χ1n) is 7.86. The molecule has 0 amide bonds. The number of nitrogens with one attached hydrogen (secondary N) is 2. The highest BCUT2D eigenvalue weighted by atomic mass is 15.0. The fourth-order valence-electron chi connectivity index (χ4n) is 3.14. The Bertz CT molecular complexity index is 1190. The highest BCUT2D eigenvalue weighted by Crippen LogP contribution is 2.29. The summed E-state index contributed by atoms with van der Waals surface area (Å²) in [5.74, 6) is 0.784. The molecule has 0 aliphatic heterocycles. The van der Waals surface area contributed by atoms with Crippen LogP contribution in [0.1, 0.15) is 0 Å². The van der Waals surface area contributed by atoms with Gasteiger partial charge in [-0.1, -0.05) is 48.5 Å². The molecule has 2 N–H and O–H groups in total. The Morgan fingerprint density at radius 2 is 1.62 bits per heavy atom. The number of benzene rings is 3. The van der Waals surface area contributed by atoms with Crippen molar-refractivity contribution in [1.82, 2.24) is 15.0 Å². The number of para-hydroxylation sites is 1. The van der Waals surface area contributed by atoms with Crippen molar-refractivity contribution in [2.24, 2.45) is 0 Å². The summed E-state index contributed by atoms with van der Waals surface area (Å²) in [6.45, 7) is 0. The van der Waals surface area contributed by atoms with Crippen molar-refractivity contribution < 1.29 is 0 Å². The van der Waals surface area contributed by atoms with Gasteiger partial charge in [-0.15, -0.1) is 0 Å². The van der Waals surface area contributed by atoms with E-state index in [9.17, 15) is 0 Å². The van der Waals surface area contributed by atoms with E-state index in [0.29, 0.717) is 0 Å². The lowest BCUT2D eigenvalue weighted by Gasteiger charge is -2.07. The van der Waals surface area contributed by atoms with E-state index in [1.807, 2.05) is 24.3 Å². The molecule has 24 heavy (non-hydrogen) atoms. The summed E-state index contributed by atoms with van der Waals surface area (Å²) < 4.78 is 0. The van der Waals surface area contributed by atoms with Gasteiger partial charge in [0.2, 0.25) is 0 Å². The van der Waals surface area contributed by atoms with Crippen LogP contribution in [0, 0.1) is 0 Å². The Hall–Kier alpha value is -3.40. The molecule has 4 nitrogen and oxygen atoms in total. The fourth-order valence-corrected chi connectivity index (χ4v) is 3.14. The van der Waals surface area contributed by atoms with Crippen molar-refractivity contribution in [2.75, 3.05) is 5.32 Å². The predicted molar refractivity (Wildman–Crippen MR) is 98.6 cm³/mol. The average molecular weight is 310 g/mol. The molecule has 4 heteroatoms. The molecule has 2 aromatic heterocycles. The minimum absolute atomic E-state index is 0.784. The first-order valence-corrected chi connectivity index (χ1v) is 7.86. The first kappa shape index (κ1) is 13.1. The van der Waals surface area contributed by atoms with E-state index in [2.05, 4.69) is 62.7 Å². The Morgan fingerprint density at radius 1 is 0.792 bits per heavy atom. The highest BCUT2D eigenvalue weighted by Gasteiger charge is 2.10. The van der Waals surface area contributed by atoms with Crippen LogP contribution in [0.15, 0.2) is 73.1 Å². The molecule has 0 spiro atoms. The van der Waals surface area contributed by atoms with Crippen LogP contribution in [0.2, 0.25) is 0 Å². The molecule has 0 saturated carbocycles. The molecule has 5 rings (SSSR count). The zero-order valence-corrected chi connectivity index (χ0v) is 12.8. The summed E-state index contributed by atoms with van der Waals surface area (Å²) in [7, 11) is 0. The number of fused-ring (bicyclic) bond motifs is 4. The largest absolute Gasteiger partial charge is 0.350 e. The number of hydrogen-bond donors (Lipinski definition) is 2. The van der Waals surface area contributed by atoms with Crippen molar-refractivity contribution in [3.63, 3.8) is 0 Å². The number of hydrogen-bond acceptors (Lipinski definition) is 3. The van der Waals surface area contributed by atoms with Crippen LogP contribution in [0.3, 0.4) is 0 Å². The van der Waals surface area contributed by atoms with E-state index in [-0.39, 0.29) is 0 Å². The Balaban J connectivity index is 1.65. The lowest BCUT2D eigenvalue weighted by molar-refractivity contribution is 1.22. The summed E-state index contributed by atoms with van der Waals surface area (Å²) in [6.07, 6.45) is 1.60. The third-order valence-corrected chi connectivity index (χ3v) is 4.30. The number of rotatable bonds is 2. The lowest BCUT2D eigenvalue weighted by atomic mass is 10.1. The van der Waals surface area contributed by atoms with Crippen LogP contribution >= 0.6 is 0 Å². The molecule has 0 aliphatic rings. The number of aromatic amines is 1. The van der Waals surface area contributed by atoms with E-state index in [0.717, 1.165) is 33.4 Å². The number of aromatic nitrogens is 3. The van der Waals surface area contributed by atoms with Gasteiger partial charge in [-0.05, 0) is 29.0 Å². The van der Waals surface area contributed by atoms with Gasteiger partial charge in [-0.3, -0.25) is 0 Å². The molecule has 3 aromatic carbocycles. The summed E-state index contributed by atoms with van der Waals surface area (Å²) in [6, 6.07) is 22.8. The molecule has 0 aliphatic carbocycles. The zero-order chi connectivity index (χ0) is 15.9. The van der Waals surface area contributed by atoms with Gasteiger partial charge >= 0.3 is 0 Å². The van der Waals surface area contributed by atoms with Crippen LogP contribution < -0.4 is 5.32 Å². The van der Waals surface area contributed by atoms with Crippen LogP contribution in [-0.2, 0) is 0 Å². The van der Waals surface area contributed by atoms with Gasteiger partial charge in [0, 0.05) is 16.6 Å². The molecule has 2 heterocycles. The van der Waals surface area contributed by atoms with Crippen LogP contribution in [0.5, 0.6) is 0 Å². The van der Waals surface area contributed by atoms with E-state index < -0.39 is 0 Å². The fraction of sp³-hybridized carbons (Fsp3) is 0. The summed E-state index contributed by atoms with van der Waals surface area (Å²) in [4.78, 5) is 12.3. The topological polar surface area (TPSA) is 53.6 Å². The average Bonchev–Trinajstić information content (AvgIpc) is 3.02. The maximum atomic E-state index is 4.44. The molecular formula is C20H14N4. The smallest absolute Gasteiger partial charge is 0.158 e. The molecule has 0 atom stereocenters. The normalized spacial score (nSPS) is 11.3. The van der Waals surface area contributed by atoms with Gasteiger partial charge in [0.05, 0.1) is 0 Å². The third kappa shape index (κ3) is 2.01. The van der Waals surface area contributed by atoms with Gasteiger partial charge < -0.3 is 10.3 Å². The Labute approximate surface area is 138 Å². The maximum Gasteiger partial charge on any atom is 0.158 e. The molecular weight excluding hydrogens is 296 g/mol. The number of anilines is 2. The SMILES string of the molecule is c1ccc2cc(Nc3ncnc4c3[nH]c3ccccc34)ccc2c1. The van der Waals surface area contributed by atoms with E-state index in [1.165, 1.54) is 10.8 Å². The summed E-state index contributed by atoms with van der Waals surface area (Å²) in [5, 5.41) is 6.95. The monoisotopic (exact) mass is 310 g/mol. The second kappa shape index (κ2) is 5.06. The summed E-state index contributed by atoms with van der Waals surface area (Å²) in [5.41, 5.74) is 3.93. The van der Waals surface area contributed by atoms with Crippen molar-refractivity contribution >= 4 is 44.2 Å². The number of nitrogens with zero attached hydrogens (tertiary/aromatic N) is 2. The van der Waals surface area contributed by atoms with Crippen molar-refractivity contribution in [1.29, 1.82) is 0 Å². The van der Waals surface area contributed by atoms with E-state index >= 15 is 0 Å². The van der Waals surface area contributed by atoms with E-state index in [4.69, 9.17) is 0 Å². The maximum absolute atomic E-state index is 4.44. The second-order valence-electron chi connectivity index (χ2n) is 5.80. The molecule has 114 valence electrons. The minimum Gasteiger partial charge on any atom is -0.350 e. The number of H-pyrrole nitrogens is 1. The van der Waals surface area contributed by atoms with Gasteiger partial charge in [-0.25, -0.2) is 9.97 Å². The first-order chi connectivity index (χ1) is 11.9. The Morgan fingerprint density at radius 3 is 2.58 bits per heavy atom. The standard InChI is InChI=1S/C20H14N4/c1-2-6-14-11-15(10-9-13(14)5-1)23-20-19-18(21-12-22-20)16-7-3-4-8-17(16)24-19/h1-12,24H,(H,21,22,23). The van der Waals surface area contributed by atoms with Crippen LogP contribution in [0.25, 0.3) is 32.7 Å². The third-order valence-electron chi connectivity index (χ3n) is 4.30. The minimum atomic E-state index is 0.784. The zero-order valence-electron chi connectivity index (χ0n) is 12.8. The summed E-state index contributed by atoms with van der Waals surface area (Å²) >= 11 is 0. The molecule has 0 bridgehead atoms. The van der Waals surface area contributed by atoms with Crippen molar-refractivity contribution in [3.05, 3.63) is 73.1 Å². The van der Waals surface area contributed by atoms with Gasteiger partial charge in [-0.2, -0.15) is 0 Å². The Kier molecular flexibility index (Phi) is 2.76.